The van der Waals surface area contributed by atoms with Crippen LogP contribution in [-0.2, 0) is 15.3 Å². The van der Waals surface area contributed by atoms with Crippen molar-refractivity contribution < 1.29 is 14.1 Å². The zero-order valence-corrected chi connectivity index (χ0v) is 13.6. The first kappa shape index (κ1) is 16.0. The average Bonchev–Trinajstić information content (AvgIpc) is 3.26. The van der Waals surface area contributed by atoms with Gasteiger partial charge in [-0.2, -0.15) is 4.98 Å². The van der Waals surface area contributed by atoms with Gasteiger partial charge in [-0.3, -0.25) is 4.79 Å². The van der Waals surface area contributed by atoms with Crippen LogP contribution in [0.2, 0.25) is 0 Å². The van der Waals surface area contributed by atoms with E-state index in [0.29, 0.717) is 29.8 Å². The van der Waals surface area contributed by atoms with Crippen molar-refractivity contribution in [2.24, 2.45) is 0 Å². The molecule has 0 spiro atoms. The first-order valence-corrected chi connectivity index (χ1v) is 8.81. The Kier molecular flexibility index (Phi) is 5.65. The molecular formula is C16H19N3O3S. The molecule has 23 heavy (non-hydrogen) atoms. The van der Waals surface area contributed by atoms with Crippen LogP contribution in [0.15, 0.2) is 34.9 Å². The molecule has 1 saturated heterocycles. The van der Waals surface area contributed by atoms with Gasteiger partial charge < -0.3 is 14.6 Å². The number of carbonyl (C=O) groups excluding carboxylic acids is 1. The second kappa shape index (κ2) is 8.12. The lowest BCUT2D eigenvalue weighted by Gasteiger charge is -2.10. The maximum Gasteiger partial charge on any atom is 0.236 e. The predicted molar refractivity (Wildman–Crippen MR) is 87.9 cm³/mol. The topological polar surface area (TPSA) is 77.2 Å². The minimum absolute atomic E-state index is 0.00768. The zero-order valence-electron chi connectivity index (χ0n) is 12.7. The Labute approximate surface area is 139 Å². The summed E-state index contributed by atoms with van der Waals surface area (Å²) in [6.45, 7) is 1.40. The normalized spacial score (nSPS) is 17.3. The summed E-state index contributed by atoms with van der Waals surface area (Å²) in [7, 11) is 0. The Balaban J connectivity index is 1.39. The molecule has 7 heteroatoms. The Morgan fingerprint density at radius 1 is 1.35 bits per heavy atom. The van der Waals surface area contributed by atoms with E-state index in [4.69, 9.17) is 9.26 Å². The van der Waals surface area contributed by atoms with E-state index < -0.39 is 0 Å². The summed E-state index contributed by atoms with van der Waals surface area (Å²) in [5.74, 6) is 2.00. The quantitative estimate of drug-likeness (QED) is 0.837. The molecule has 2 aromatic rings. The molecule has 1 amide bonds. The fourth-order valence-electron chi connectivity index (χ4n) is 2.33. The van der Waals surface area contributed by atoms with Crippen LogP contribution in [0.5, 0.6) is 0 Å². The molecular weight excluding hydrogens is 314 g/mol. The largest absolute Gasteiger partial charge is 0.376 e. The van der Waals surface area contributed by atoms with E-state index in [1.54, 1.807) is 0 Å². The Hall–Kier alpha value is -1.86. The van der Waals surface area contributed by atoms with Crippen molar-refractivity contribution >= 4 is 17.7 Å². The van der Waals surface area contributed by atoms with E-state index in [-0.39, 0.29) is 12.0 Å². The number of aromatic nitrogens is 2. The minimum atomic E-state index is 0.00768. The van der Waals surface area contributed by atoms with Gasteiger partial charge >= 0.3 is 0 Å². The number of rotatable bonds is 7. The number of nitrogens with one attached hydrogen (secondary N) is 1. The van der Waals surface area contributed by atoms with E-state index in [2.05, 4.69) is 15.5 Å². The molecule has 1 aromatic heterocycles. The third-order valence-electron chi connectivity index (χ3n) is 3.51. The fourth-order valence-corrected chi connectivity index (χ4v) is 3.01. The summed E-state index contributed by atoms with van der Waals surface area (Å²) in [6.07, 6.45) is 2.28. The number of nitrogens with zero attached hydrogens (tertiary/aromatic N) is 2. The molecule has 1 aliphatic heterocycles. The van der Waals surface area contributed by atoms with Crippen LogP contribution in [0.4, 0.5) is 0 Å². The summed E-state index contributed by atoms with van der Waals surface area (Å²) in [5.41, 5.74) is 0.918. The number of amides is 1. The minimum Gasteiger partial charge on any atom is -0.376 e. The monoisotopic (exact) mass is 333 g/mol. The van der Waals surface area contributed by atoms with Crippen molar-refractivity contribution in [3.8, 4) is 11.4 Å². The van der Waals surface area contributed by atoms with Crippen LogP contribution < -0.4 is 5.32 Å². The van der Waals surface area contributed by atoms with Gasteiger partial charge in [0.05, 0.1) is 17.6 Å². The van der Waals surface area contributed by atoms with Gasteiger partial charge in [-0.25, -0.2) is 0 Å². The lowest BCUT2D eigenvalue weighted by Crippen LogP contribution is -2.32. The van der Waals surface area contributed by atoms with Gasteiger partial charge in [-0.05, 0) is 12.8 Å². The van der Waals surface area contributed by atoms with Gasteiger partial charge in [-0.1, -0.05) is 35.5 Å². The van der Waals surface area contributed by atoms with Gasteiger partial charge in [0.2, 0.25) is 17.6 Å². The second-order valence-corrected chi connectivity index (χ2v) is 6.30. The van der Waals surface area contributed by atoms with Crippen molar-refractivity contribution in [1.82, 2.24) is 15.5 Å². The average molecular weight is 333 g/mol. The van der Waals surface area contributed by atoms with Crippen molar-refractivity contribution in [1.29, 1.82) is 0 Å². The molecule has 2 heterocycles. The van der Waals surface area contributed by atoms with Gasteiger partial charge in [0.15, 0.2) is 0 Å². The highest BCUT2D eigenvalue weighted by molar-refractivity contribution is 7.99. The summed E-state index contributed by atoms with van der Waals surface area (Å²) in [6, 6.07) is 9.66. The van der Waals surface area contributed by atoms with Crippen LogP contribution >= 0.6 is 11.8 Å². The highest BCUT2D eigenvalue weighted by Gasteiger charge is 2.16. The van der Waals surface area contributed by atoms with Crippen molar-refractivity contribution in [2.75, 3.05) is 18.9 Å². The van der Waals surface area contributed by atoms with Crippen molar-refractivity contribution in [3.63, 3.8) is 0 Å². The van der Waals surface area contributed by atoms with E-state index in [1.165, 1.54) is 11.8 Å². The highest BCUT2D eigenvalue weighted by Crippen LogP contribution is 2.17. The van der Waals surface area contributed by atoms with Crippen LogP contribution in [-0.4, -0.2) is 41.1 Å². The maximum absolute atomic E-state index is 11.8. The Morgan fingerprint density at radius 2 is 2.22 bits per heavy atom. The number of hydrogen-bond donors (Lipinski definition) is 1. The van der Waals surface area contributed by atoms with E-state index >= 15 is 0 Å². The molecule has 1 atom stereocenters. The molecule has 1 aromatic carbocycles. The van der Waals surface area contributed by atoms with Crippen LogP contribution in [0, 0.1) is 0 Å². The van der Waals surface area contributed by atoms with Crippen LogP contribution in [0.25, 0.3) is 11.4 Å². The van der Waals surface area contributed by atoms with Crippen molar-refractivity contribution in [3.05, 3.63) is 36.2 Å². The fraction of sp³-hybridized carbons (Fsp3) is 0.438. The summed E-state index contributed by atoms with van der Waals surface area (Å²) >= 11 is 1.46. The molecule has 6 nitrogen and oxygen atoms in total. The number of ether oxygens (including phenoxy) is 1. The van der Waals surface area contributed by atoms with E-state index in [9.17, 15) is 4.79 Å². The molecule has 0 saturated carbocycles. The highest BCUT2D eigenvalue weighted by atomic mass is 32.2. The summed E-state index contributed by atoms with van der Waals surface area (Å²) in [5, 5.41) is 6.85. The lowest BCUT2D eigenvalue weighted by molar-refractivity contribution is -0.119. The molecule has 1 aliphatic rings. The lowest BCUT2D eigenvalue weighted by atomic mass is 10.2. The number of carbonyl (C=O) groups is 1. The third kappa shape index (κ3) is 4.80. The van der Waals surface area contributed by atoms with E-state index in [1.807, 2.05) is 30.3 Å². The number of thioether (sulfide) groups is 1. The SMILES string of the molecule is O=C(CSCc1nc(-c2ccccc2)no1)NCC1CCCO1. The molecule has 1 N–H and O–H groups in total. The molecule has 122 valence electrons. The molecule has 0 radical (unpaired) electrons. The van der Waals surface area contributed by atoms with Crippen LogP contribution in [0.1, 0.15) is 18.7 Å². The maximum atomic E-state index is 11.8. The standard InChI is InChI=1S/C16H19N3O3S/c20-14(17-9-13-7-4-8-21-13)10-23-11-15-18-16(19-22-15)12-5-2-1-3-6-12/h1-3,5-6,13H,4,7-11H2,(H,17,20). The van der Waals surface area contributed by atoms with E-state index in [0.717, 1.165) is 25.0 Å². The van der Waals surface area contributed by atoms with Crippen LogP contribution in [0.3, 0.4) is 0 Å². The first-order valence-electron chi connectivity index (χ1n) is 7.65. The molecule has 3 rings (SSSR count). The molecule has 0 aliphatic carbocycles. The van der Waals surface area contributed by atoms with Crippen molar-refractivity contribution in [2.45, 2.75) is 24.7 Å². The molecule has 0 bridgehead atoms. The summed E-state index contributed by atoms with van der Waals surface area (Å²) in [4.78, 5) is 16.1. The Bertz CT molecular complexity index is 627. The van der Waals surface area contributed by atoms with Gasteiger partial charge in [0.1, 0.15) is 0 Å². The van der Waals surface area contributed by atoms with Gasteiger partial charge in [0, 0.05) is 18.7 Å². The Morgan fingerprint density at radius 3 is 3.00 bits per heavy atom. The summed E-state index contributed by atoms with van der Waals surface area (Å²) < 4.78 is 10.7. The predicted octanol–water partition coefficient (Wildman–Crippen LogP) is 2.27. The second-order valence-electron chi connectivity index (χ2n) is 5.31. The molecule has 1 fully saturated rings. The van der Waals surface area contributed by atoms with Gasteiger partial charge in [0.25, 0.3) is 0 Å². The third-order valence-corrected chi connectivity index (χ3v) is 4.43. The first-order chi connectivity index (χ1) is 11.3. The smallest absolute Gasteiger partial charge is 0.236 e. The van der Waals surface area contributed by atoms with Gasteiger partial charge in [-0.15, -0.1) is 11.8 Å². The number of benzene rings is 1. The zero-order chi connectivity index (χ0) is 15.9. The number of hydrogen-bond acceptors (Lipinski definition) is 6. The molecule has 1 unspecified atom stereocenters.